The van der Waals surface area contributed by atoms with Crippen molar-refractivity contribution in [1.29, 1.82) is 0 Å². The number of ether oxygens (including phenoxy) is 1. The molecule has 24 heavy (non-hydrogen) atoms. The van der Waals surface area contributed by atoms with Gasteiger partial charge < -0.3 is 15.0 Å². The van der Waals surface area contributed by atoms with Gasteiger partial charge in [-0.25, -0.2) is 0 Å². The third-order valence-corrected chi connectivity index (χ3v) is 4.41. The Balaban J connectivity index is 1.97. The van der Waals surface area contributed by atoms with Crippen LogP contribution in [-0.4, -0.2) is 68.0 Å². The van der Waals surface area contributed by atoms with Gasteiger partial charge in [0.15, 0.2) is 5.75 Å². The number of halogens is 2. The highest BCUT2D eigenvalue weighted by Crippen LogP contribution is 2.34. The number of rotatable bonds is 5. The Morgan fingerprint density at radius 1 is 1.17 bits per heavy atom. The molecule has 1 aliphatic rings. The van der Waals surface area contributed by atoms with Crippen LogP contribution in [0, 0.1) is 0 Å². The number of hydrogen-bond acceptors (Lipinski definition) is 4. The molecule has 0 saturated carbocycles. The van der Waals surface area contributed by atoms with E-state index in [9.17, 15) is 9.59 Å². The fourth-order valence-electron chi connectivity index (χ4n) is 2.63. The molecule has 1 heterocycles. The first-order chi connectivity index (χ1) is 11.5. The van der Waals surface area contributed by atoms with Crippen molar-refractivity contribution in [2.24, 2.45) is 0 Å². The third kappa shape index (κ3) is 4.53. The number of carbonyl (C=O) groups excluding carboxylic acids is 2. The second-order valence-electron chi connectivity index (χ2n) is 5.49. The molecule has 0 atom stereocenters. The van der Waals surface area contributed by atoms with E-state index in [4.69, 9.17) is 27.9 Å². The van der Waals surface area contributed by atoms with E-state index < -0.39 is 0 Å². The van der Waals surface area contributed by atoms with E-state index in [0.717, 1.165) is 0 Å². The van der Waals surface area contributed by atoms with Crippen molar-refractivity contribution in [2.75, 3.05) is 46.4 Å². The van der Waals surface area contributed by atoms with Crippen LogP contribution in [0.4, 0.5) is 0 Å². The maximum absolute atomic E-state index is 12.6. The predicted molar refractivity (Wildman–Crippen MR) is 94.0 cm³/mol. The molecule has 2 rings (SSSR count). The van der Waals surface area contributed by atoms with E-state index in [-0.39, 0.29) is 11.8 Å². The van der Waals surface area contributed by atoms with Crippen molar-refractivity contribution in [3.63, 3.8) is 0 Å². The van der Waals surface area contributed by atoms with Crippen LogP contribution in [0.2, 0.25) is 10.0 Å². The predicted octanol–water partition coefficient (Wildman–Crippen LogP) is 1.90. The highest BCUT2D eigenvalue weighted by molar-refractivity contribution is 6.37. The number of nitrogens with one attached hydrogen (secondary N) is 1. The summed E-state index contributed by atoms with van der Waals surface area (Å²) in [4.78, 5) is 28.0. The first-order valence-corrected chi connectivity index (χ1v) is 8.53. The molecule has 1 fully saturated rings. The van der Waals surface area contributed by atoms with E-state index in [0.29, 0.717) is 60.6 Å². The zero-order valence-corrected chi connectivity index (χ0v) is 15.3. The third-order valence-electron chi connectivity index (χ3n) is 3.85. The molecule has 1 aromatic carbocycles. The minimum Gasteiger partial charge on any atom is -0.494 e. The first kappa shape index (κ1) is 18.8. The number of amides is 2. The average Bonchev–Trinajstić information content (AvgIpc) is 2.55. The Labute approximate surface area is 151 Å². The van der Waals surface area contributed by atoms with Gasteiger partial charge in [-0.15, -0.1) is 0 Å². The Kier molecular flexibility index (Phi) is 6.71. The number of likely N-dealkylation sites (N-methyl/N-ethyl adjacent to an activating group) is 1. The fraction of sp³-hybridized carbons (Fsp3) is 0.500. The number of carbonyl (C=O) groups is 2. The van der Waals surface area contributed by atoms with Gasteiger partial charge >= 0.3 is 0 Å². The molecular weight excluding hydrogens is 353 g/mol. The summed E-state index contributed by atoms with van der Waals surface area (Å²) in [7, 11) is 1.47. The second kappa shape index (κ2) is 8.55. The van der Waals surface area contributed by atoms with Crippen LogP contribution in [0.25, 0.3) is 0 Å². The van der Waals surface area contributed by atoms with Gasteiger partial charge in [0.2, 0.25) is 5.91 Å². The minimum absolute atomic E-state index is 0.00555. The highest BCUT2D eigenvalue weighted by atomic mass is 35.5. The molecule has 1 aromatic rings. The van der Waals surface area contributed by atoms with E-state index in [2.05, 4.69) is 5.32 Å². The quantitative estimate of drug-likeness (QED) is 0.855. The Bertz CT molecular complexity index is 594. The zero-order chi connectivity index (χ0) is 17.7. The minimum atomic E-state index is -0.126. The molecule has 6 nitrogen and oxygen atoms in total. The van der Waals surface area contributed by atoms with Gasteiger partial charge in [-0.3, -0.25) is 14.5 Å². The molecule has 0 aliphatic carbocycles. The molecule has 8 heteroatoms. The normalized spacial score (nSPS) is 15.2. The Hall–Kier alpha value is -1.50. The van der Waals surface area contributed by atoms with Gasteiger partial charge in [0.25, 0.3) is 5.91 Å². The van der Waals surface area contributed by atoms with Crippen LogP contribution in [-0.2, 0) is 4.79 Å². The van der Waals surface area contributed by atoms with Crippen molar-refractivity contribution < 1.29 is 14.3 Å². The maximum Gasteiger partial charge on any atom is 0.254 e. The fourth-order valence-corrected chi connectivity index (χ4v) is 3.27. The summed E-state index contributed by atoms with van der Waals surface area (Å²) >= 11 is 12.2. The summed E-state index contributed by atoms with van der Waals surface area (Å²) in [6.45, 7) is 5.28. The van der Waals surface area contributed by atoms with Gasteiger partial charge in [0.05, 0.1) is 23.7 Å². The lowest BCUT2D eigenvalue weighted by molar-refractivity contribution is -0.122. The zero-order valence-electron chi connectivity index (χ0n) is 13.8. The first-order valence-electron chi connectivity index (χ1n) is 7.77. The maximum atomic E-state index is 12.6. The lowest BCUT2D eigenvalue weighted by Gasteiger charge is -2.34. The molecule has 1 N–H and O–H groups in total. The summed E-state index contributed by atoms with van der Waals surface area (Å²) in [6.07, 6.45) is 0. The SMILES string of the molecule is CCNC(=O)CN1CCN(C(=O)c2cc(Cl)c(OC)c(Cl)c2)CC1. The molecule has 1 saturated heterocycles. The van der Waals surface area contributed by atoms with Gasteiger partial charge in [-0.1, -0.05) is 23.2 Å². The van der Waals surface area contributed by atoms with Crippen LogP contribution >= 0.6 is 23.2 Å². The standard InChI is InChI=1S/C16H21Cl2N3O3/c1-3-19-14(22)10-20-4-6-21(7-5-20)16(23)11-8-12(17)15(24-2)13(18)9-11/h8-9H,3-7,10H2,1-2H3,(H,19,22). The molecule has 0 bridgehead atoms. The van der Waals surface area contributed by atoms with Crippen molar-refractivity contribution >= 4 is 35.0 Å². The summed E-state index contributed by atoms with van der Waals surface area (Å²) in [5.74, 6) is 0.242. The highest BCUT2D eigenvalue weighted by Gasteiger charge is 2.24. The number of piperazine rings is 1. The summed E-state index contributed by atoms with van der Waals surface area (Å²) < 4.78 is 5.09. The van der Waals surface area contributed by atoms with Crippen LogP contribution < -0.4 is 10.1 Å². The molecule has 0 aromatic heterocycles. The van der Waals surface area contributed by atoms with Gasteiger partial charge in [-0.05, 0) is 19.1 Å². The van der Waals surface area contributed by atoms with E-state index in [1.807, 2.05) is 11.8 Å². The lowest BCUT2D eigenvalue weighted by Crippen LogP contribution is -2.51. The smallest absolute Gasteiger partial charge is 0.254 e. The number of methoxy groups -OCH3 is 1. The number of hydrogen-bond donors (Lipinski definition) is 1. The number of benzene rings is 1. The van der Waals surface area contributed by atoms with E-state index >= 15 is 0 Å². The van der Waals surface area contributed by atoms with Crippen molar-refractivity contribution in [3.8, 4) is 5.75 Å². The topological polar surface area (TPSA) is 61.9 Å². The van der Waals surface area contributed by atoms with Gasteiger partial charge in [0.1, 0.15) is 0 Å². The average molecular weight is 374 g/mol. The Morgan fingerprint density at radius 3 is 2.25 bits per heavy atom. The Morgan fingerprint density at radius 2 is 1.75 bits per heavy atom. The van der Waals surface area contributed by atoms with Crippen LogP contribution in [0.15, 0.2) is 12.1 Å². The molecule has 0 unspecified atom stereocenters. The molecule has 1 aliphatic heterocycles. The molecule has 132 valence electrons. The van der Waals surface area contributed by atoms with Crippen molar-refractivity contribution in [1.82, 2.24) is 15.1 Å². The summed E-state index contributed by atoms with van der Waals surface area (Å²) in [6, 6.07) is 3.13. The largest absolute Gasteiger partial charge is 0.494 e. The van der Waals surface area contributed by atoms with E-state index in [1.54, 1.807) is 17.0 Å². The molecular formula is C16H21Cl2N3O3. The molecule has 0 spiro atoms. The van der Waals surface area contributed by atoms with Crippen LogP contribution in [0.5, 0.6) is 5.75 Å². The molecule has 0 radical (unpaired) electrons. The summed E-state index contributed by atoms with van der Waals surface area (Å²) in [5.41, 5.74) is 0.433. The lowest BCUT2D eigenvalue weighted by atomic mass is 10.1. The van der Waals surface area contributed by atoms with Crippen LogP contribution in [0.1, 0.15) is 17.3 Å². The van der Waals surface area contributed by atoms with Crippen LogP contribution in [0.3, 0.4) is 0 Å². The van der Waals surface area contributed by atoms with Gasteiger partial charge in [0, 0.05) is 38.3 Å². The van der Waals surface area contributed by atoms with Crippen molar-refractivity contribution in [2.45, 2.75) is 6.92 Å². The van der Waals surface area contributed by atoms with Gasteiger partial charge in [-0.2, -0.15) is 0 Å². The summed E-state index contributed by atoms with van der Waals surface area (Å²) in [5, 5.41) is 3.39. The monoisotopic (exact) mass is 373 g/mol. The molecule has 2 amide bonds. The van der Waals surface area contributed by atoms with E-state index in [1.165, 1.54) is 7.11 Å². The van der Waals surface area contributed by atoms with Crippen molar-refractivity contribution in [3.05, 3.63) is 27.7 Å². The number of nitrogens with zero attached hydrogens (tertiary/aromatic N) is 2. The second-order valence-corrected chi connectivity index (χ2v) is 6.31.